The van der Waals surface area contributed by atoms with Crippen molar-refractivity contribution < 1.29 is 9.84 Å². The van der Waals surface area contributed by atoms with Gasteiger partial charge >= 0.3 is 0 Å². The molecule has 1 unspecified atom stereocenters. The minimum absolute atomic E-state index is 0.0459. The van der Waals surface area contributed by atoms with Gasteiger partial charge in [-0.3, -0.25) is 0 Å². The van der Waals surface area contributed by atoms with Crippen LogP contribution in [0.1, 0.15) is 39.7 Å². The molecule has 0 spiro atoms. The maximum Gasteiger partial charge on any atom is 0.0756 e. The van der Waals surface area contributed by atoms with Crippen molar-refractivity contribution in [2.24, 2.45) is 0 Å². The molecule has 1 heterocycles. The Hall–Kier alpha value is -0.510. The monoisotopic (exact) mass is 266 g/mol. The van der Waals surface area contributed by atoms with Gasteiger partial charge in [0, 0.05) is 10.1 Å². The van der Waals surface area contributed by atoms with Gasteiger partial charge in [-0.2, -0.15) is 0 Å². The fourth-order valence-corrected chi connectivity index (χ4v) is 4.10. The van der Waals surface area contributed by atoms with Crippen LogP contribution in [0.5, 0.6) is 0 Å². The average Bonchev–Trinajstić information content (AvgIpc) is 2.47. The number of benzene rings is 1. The molecule has 0 bridgehead atoms. The van der Waals surface area contributed by atoms with Crippen LogP contribution >= 0.6 is 11.8 Å². The summed E-state index contributed by atoms with van der Waals surface area (Å²) in [5.41, 5.74) is 0.815. The molecule has 2 rings (SSSR count). The van der Waals surface area contributed by atoms with Gasteiger partial charge in [0.1, 0.15) is 0 Å². The first-order chi connectivity index (χ1) is 8.32. The zero-order valence-electron chi connectivity index (χ0n) is 11.6. The molecule has 1 atom stereocenters. The first-order valence-electron chi connectivity index (χ1n) is 6.39. The minimum Gasteiger partial charge on any atom is -0.392 e. The van der Waals surface area contributed by atoms with E-state index >= 15 is 0 Å². The van der Waals surface area contributed by atoms with Crippen LogP contribution in [-0.4, -0.2) is 21.6 Å². The van der Waals surface area contributed by atoms with Crippen molar-refractivity contribution in [3.8, 4) is 0 Å². The summed E-state index contributed by atoms with van der Waals surface area (Å²) >= 11 is 1.85. The number of aliphatic hydroxyl groups is 1. The fraction of sp³-hybridized carbons (Fsp3) is 0.600. The SMILES string of the molecule is CC1(C)CC(Sc2cccc(CO)c2)C(C)(C)O1. The Bertz CT molecular complexity index is 426. The summed E-state index contributed by atoms with van der Waals surface area (Å²) in [4.78, 5) is 1.21. The molecule has 0 aliphatic carbocycles. The van der Waals surface area contributed by atoms with E-state index in [2.05, 4.69) is 39.8 Å². The van der Waals surface area contributed by atoms with Crippen molar-refractivity contribution in [2.75, 3.05) is 0 Å². The highest BCUT2D eigenvalue weighted by Gasteiger charge is 2.46. The predicted molar refractivity (Wildman–Crippen MR) is 75.9 cm³/mol. The van der Waals surface area contributed by atoms with Crippen LogP contribution in [-0.2, 0) is 11.3 Å². The number of aliphatic hydroxyl groups excluding tert-OH is 1. The quantitative estimate of drug-likeness (QED) is 0.906. The number of thioether (sulfide) groups is 1. The third-order valence-electron chi connectivity index (χ3n) is 3.35. The number of hydrogen-bond donors (Lipinski definition) is 1. The van der Waals surface area contributed by atoms with E-state index in [4.69, 9.17) is 4.74 Å². The first kappa shape index (κ1) is 13.9. The molecule has 3 heteroatoms. The molecule has 0 aromatic heterocycles. The molecule has 2 nitrogen and oxygen atoms in total. The second kappa shape index (κ2) is 4.87. The van der Waals surface area contributed by atoms with Crippen molar-refractivity contribution in [1.82, 2.24) is 0 Å². The molecule has 1 aromatic carbocycles. The van der Waals surface area contributed by atoms with E-state index in [0.29, 0.717) is 5.25 Å². The van der Waals surface area contributed by atoms with Crippen LogP contribution in [0.25, 0.3) is 0 Å². The van der Waals surface area contributed by atoms with Crippen molar-refractivity contribution in [3.63, 3.8) is 0 Å². The largest absolute Gasteiger partial charge is 0.392 e. The molecular weight excluding hydrogens is 244 g/mol. The highest BCUT2D eigenvalue weighted by molar-refractivity contribution is 8.00. The Labute approximate surface area is 114 Å². The van der Waals surface area contributed by atoms with E-state index in [0.717, 1.165) is 12.0 Å². The fourth-order valence-electron chi connectivity index (χ4n) is 2.58. The molecule has 1 fully saturated rings. The standard InChI is InChI=1S/C15H22O2S/c1-14(2)9-13(15(3,4)17-14)18-12-7-5-6-11(8-12)10-16/h5-8,13,16H,9-10H2,1-4H3. The van der Waals surface area contributed by atoms with E-state index < -0.39 is 0 Å². The Morgan fingerprint density at radius 2 is 2.06 bits per heavy atom. The molecule has 0 saturated carbocycles. The second-order valence-electron chi connectivity index (χ2n) is 6.08. The van der Waals surface area contributed by atoms with E-state index in [-0.39, 0.29) is 17.8 Å². The maximum atomic E-state index is 9.17. The van der Waals surface area contributed by atoms with Crippen molar-refractivity contribution in [2.45, 2.75) is 62.1 Å². The van der Waals surface area contributed by atoms with Crippen molar-refractivity contribution in [1.29, 1.82) is 0 Å². The van der Waals surface area contributed by atoms with E-state index in [1.807, 2.05) is 23.9 Å². The second-order valence-corrected chi connectivity index (χ2v) is 7.36. The van der Waals surface area contributed by atoms with E-state index in [1.54, 1.807) is 0 Å². The average molecular weight is 266 g/mol. The molecule has 1 saturated heterocycles. The molecule has 100 valence electrons. The number of ether oxygens (including phenoxy) is 1. The van der Waals surface area contributed by atoms with Gasteiger partial charge in [0.25, 0.3) is 0 Å². The summed E-state index contributed by atoms with van der Waals surface area (Å²) in [6.45, 7) is 8.73. The van der Waals surface area contributed by atoms with Gasteiger partial charge in [0.15, 0.2) is 0 Å². The summed E-state index contributed by atoms with van der Waals surface area (Å²) in [6.07, 6.45) is 1.05. The Morgan fingerprint density at radius 1 is 1.33 bits per heavy atom. The van der Waals surface area contributed by atoms with Gasteiger partial charge in [0.2, 0.25) is 0 Å². The summed E-state index contributed by atoms with van der Waals surface area (Å²) in [6, 6.07) is 8.11. The molecular formula is C15H22O2S. The van der Waals surface area contributed by atoms with Gasteiger partial charge in [-0.1, -0.05) is 12.1 Å². The summed E-state index contributed by atoms with van der Waals surface area (Å²) in [5, 5.41) is 9.62. The van der Waals surface area contributed by atoms with Crippen molar-refractivity contribution in [3.05, 3.63) is 29.8 Å². The normalized spacial score (nSPS) is 25.3. The van der Waals surface area contributed by atoms with Crippen LogP contribution in [0, 0.1) is 0 Å². The Morgan fingerprint density at radius 3 is 2.61 bits per heavy atom. The number of hydrogen-bond acceptors (Lipinski definition) is 3. The van der Waals surface area contributed by atoms with Crippen LogP contribution in [0.4, 0.5) is 0 Å². The molecule has 0 radical (unpaired) electrons. The Kier molecular flexibility index (Phi) is 3.77. The Balaban J connectivity index is 2.13. The highest BCUT2D eigenvalue weighted by atomic mass is 32.2. The van der Waals surface area contributed by atoms with E-state index in [1.165, 1.54) is 4.90 Å². The maximum absolute atomic E-state index is 9.17. The van der Waals surface area contributed by atoms with E-state index in [9.17, 15) is 5.11 Å². The predicted octanol–water partition coefficient (Wildman–Crippen LogP) is 3.62. The lowest BCUT2D eigenvalue weighted by molar-refractivity contribution is -0.0631. The minimum atomic E-state index is -0.108. The third-order valence-corrected chi connectivity index (χ3v) is 4.90. The van der Waals surface area contributed by atoms with Gasteiger partial charge in [-0.05, 0) is 51.8 Å². The highest BCUT2D eigenvalue weighted by Crippen LogP contribution is 2.46. The van der Waals surface area contributed by atoms with Gasteiger partial charge in [0.05, 0.1) is 17.8 Å². The smallest absolute Gasteiger partial charge is 0.0756 e. The summed E-state index contributed by atoms with van der Waals surface area (Å²) < 4.78 is 6.11. The van der Waals surface area contributed by atoms with Crippen LogP contribution in [0.2, 0.25) is 0 Å². The van der Waals surface area contributed by atoms with Gasteiger partial charge in [-0.15, -0.1) is 11.8 Å². The molecule has 1 aliphatic rings. The first-order valence-corrected chi connectivity index (χ1v) is 7.27. The zero-order valence-corrected chi connectivity index (χ0v) is 12.4. The van der Waals surface area contributed by atoms with Crippen molar-refractivity contribution >= 4 is 11.8 Å². The number of rotatable bonds is 3. The summed E-state index contributed by atoms with van der Waals surface area (Å²) in [7, 11) is 0. The third kappa shape index (κ3) is 3.08. The van der Waals surface area contributed by atoms with Crippen LogP contribution < -0.4 is 0 Å². The molecule has 1 aliphatic heterocycles. The molecule has 1 N–H and O–H groups in total. The lowest BCUT2D eigenvalue weighted by Crippen LogP contribution is -2.30. The zero-order chi connectivity index (χ0) is 13.4. The van der Waals surface area contributed by atoms with Crippen LogP contribution in [0.3, 0.4) is 0 Å². The van der Waals surface area contributed by atoms with Gasteiger partial charge in [-0.25, -0.2) is 0 Å². The van der Waals surface area contributed by atoms with Gasteiger partial charge < -0.3 is 9.84 Å². The molecule has 18 heavy (non-hydrogen) atoms. The summed E-state index contributed by atoms with van der Waals surface area (Å²) in [5.74, 6) is 0. The molecule has 1 aromatic rings. The molecule has 0 amide bonds. The topological polar surface area (TPSA) is 29.5 Å². The van der Waals surface area contributed by atoms with Crippen LogP contribution in [0.15, 0.2) is 29.2 Å². The lowest BCUT2D eigenvalue weighted by Gasteiger charge is -2.27. The lowest BCUT2D eigenvalue weighted by atomic mass is 10.0.